The van der Waals surface area contributed by atoms with Gasteiger partial charge in [0.2, 0.25) is 5.88 Å². The molecule has 0 spiro atoms. The van der Waals surface area contributed by atoms with Gasteiger partial charge in [0.15, 0.2) is 0 Å². The average molecular weight is 660 g/mol. The molecular weight excluding hydrogens is 613 g/mol. The highest BCUT2D eigenvalue weighted by molar-refractivity contribution is 7.66. The van der Waals surface area contributed by atoms with E-state index in [4.69, 9.17) is 9.26 Å². The van der Waals surface area contributed by atoms with Crippen molar-refractivity contribution in [2.45, 2.75) is 48.5 Å². The van der Waals surface area contributed by atoms with Crippen LogP contribution in [0.4, 0.5) is 0 Å². The monoisotopic (exact) mass is 659 g/mol. The van der Waals surface area contributed by atoms with Crippen LogP contribution in [0.5, 0.6) is 11.6 Å². The van der Waals surface area contributed by atoms with E-state index in [0.717, 1.165) is 22.1 Å². The van der Waals surface area contributed by atoms with Crippen LogP contribution in [0.2, 0.25) is 0 Å². The summed E-state index contributed by atoms with van der Waals surface area (Å²) in [7, 11) is -3.21. The van der Waals surface area contributed by atoms with Crippen molar-refractivity contribution in [3.8, 4) is 33.9 Å². The number of rotatable bonds is 7. The Morgan fingerprint density at radius 3 is 1.52 bits per heavy atom. The number of fused-ring (bicyclic) bond motifs is 1. The number of hydrogen-bond acceptors (Lipinski definition) is 5. The lowest BCUT2D eigenvalue weighted by Gasteiger charge is -2.20. The molecule has 48 heavy (non-hydrogen) atoms. The molecule has 0 fully saturated rings. The predicted molar refractivity (Wildman–Crippen MR) is 203 cm³/mol. The molecule has 6 heteroatoms. The Bertz CT molecular complexity index is 1940. The summed E-state index contributed by atoms with van der Waals surface area (Å²) in [6.45, 7) is 16.3. The zero-order chi connectivity index (χ0) is 35.1. The Morgan fingerprint density at radius 1 is 0.583 bits per heavy atom. The van der Waals surface area contributed by atoms with Crippen molar-refractivity contribution in [1.29, 1.82) is 0 Å². The van der Waals surface area contributed by atoms with Crippen LogP contribution in [-0.4, -0.2) is 18.1 Å². The third-order valence-corrected chi connectivity index (χ3v) is 9.27. The summed E-state index contributed by atoms with van der Waals surface area (Å²) in [4.78, 5) is 14.9. The summed E-state index contributed by atoms with van der Waals surface area (Å²) in [6, 6.07) is 41.3. The van der Waals surface area contributed by atoms with E-state index in [1.807, 2.05) is 89.2 Å². The fourth-order valence-electron chi connectivity index (χ4n) is 5.18. The lowest BCUT2D eigenvalue weighted by atomic mass is 9.97. The summed E-state index contributed by atoms with van der Waals surface area (Å²) >= 11 is 0. The van der Waals surface area contributed by atoms with Gasteiger partial charge in [0, 0.05) is 24.2 Å². The third-order valence-electron chi connectivity index (χ3n) is 7.44. The first-order chi connectivity index (χ1) is 23.3. The summed E-state index contributed by atoms with van der Waals surface area (Å²) in [6.07, 6.45) is 0. The van der Waals surface area contributed by atoms with Crippen LogP contribution in [0.25, 0.3) is 33.2 Å². The number of ether oxygens (including phenoxy) is 1. The highest BCUT2D eigenvalue weighted by atomic mass is 31.2. The molecule has 5 aromatic carbocycles. The maximum absolute atomic E-state index is 13.7. The second kappa shape index (κ2) is 18.4. The fraction of sp³-hybridized carbons (Fsp3) is 0.190. The molecule has 0 aliphatic heterocycles. The van der Waals surface area contributed by atoms with Crippen LogP contribution in [-0.2, 0) is 9.36 Å². The quantitative estimate of drug-likeness (QED) is 0.126. The highest BCUT2D eigenvalue weighted by Gasteiger charge is 2.25. The van der Waals surface area contributed by atoms with Crippen molar-refractivity contribution in [3.05, 3.63) is 144 Å². The molecule has 0 radical (unpaired) electrons. The van der Waals surface area contributed by atoms with Crippen molar-refractivity contribution < 1.29 is 18.6 Å². The number of hydrogen-bond donors (Lipinski definition) is 0. The van der Waals surface area contributed by atoms with Gasteiger partial charge in [-0.3, -0.25) is 9.36 Å². The molecule has 1 heterocycles. The molecule has 0 amide bonds. The number of carbonyl (C=O) groups is 1. The van der Waals surface area contributed by atoms with Gasteiger partial charge < -0.3 is 9.26 Å². The fourth-order valence-corrected chi connectivity index (χ4v) is 6.78. The van der Waals surface area contributed by atoms with E-state index in [-0.39, 0.29) is 5.88 Å². The van der Waals surface area contributed by atoms with Crippen LogP contribution in [0, 0.1) is 20.8 Å². The smallest absolute Gasteiger partial charge is 0.299 e. The minimum absolute atomic E-state index is 0.194. The minimum Gasteiger partial charge on any atom is -0.440 e. The lowest BCUT2D eigenvalue weighted by Crippen LogP contribution is -2.12. The molecular formula is C42H46NO4P. The van der Waals surface area contributed by atoms with Gasteiger partial charge in [0.1, 0.15) is 5.75 Å². The first kappa shape index (κ1) is 37.5. The molecule has 6 aromatic rings. The van der Waals surface area contributed by atoms with Crippen LogP contribution < -0.4 is 14.6 Å². The summed E-state index contributed by atoms with van der Waals surface area (Å²) in [5.41, 5.74) is 8.94. The van der Waals surface area contributed by atoms with Crippen LogP contribution >= 0.6 is 7.37 Å². The van der Waals surface area contributed by atoms with E-state index < -0.39 is 7.37 Å². The van der Waals surface area contributed by atoms with Crippen LogP contribution in [0.1, 0.15) is 44.4 Å². The molecule has 248 valence electrons. The van der Waals surface area contributed by atoms with Crippen molar-refractivity contribution in [3.63, 3.8) is 0 Å². The maximum atomic E-state index is 13.7. The van der Waals surface area contributed by atoms with Gasteiger partial charge >= 0.3 is 0 Å². The van der Waals surface area contributed by atoms with Crippen molar-refractivity contribution in [2.75, 3.05) is 6.66 Å². The SMILES string of the molecule is CC.CC.Cc1ccccc1-c1ccccc1C.Cc1ccccc1-c1ccccc1P(C)(=O)Oc1ccc2ccc(OC=O)nc2c1. The first-order valence-electron chi connectivity index (χ1n) is 16.3. The van der Waals surface area contributed by atoms with Crippen molar-refractivity contribution in [2.24, 2.45) is 0 Å². The first-order valence-corrected chi connectivity index (χ1v) is 18.4. The molecule has 0 saturated carbocycles. The molecule has 0 N–H and O–H groups in total. The van der Waals surface area contributed by atoms with E-state index >= 15 is 0 Å². The molecule has 1 aromatic heterocycles. The molecule has 0 saturated heterocycles. The number of aryl methyl sites for hydroxylation is 3. The van der Waals surface area contributed by atoms with Gasteiger partial charge in [-0.25, -0.2) is 4.98 Å². The molecule has 0 aliphatic rings. The van der Waals surface area contributed by atoms with Gasteiger partial charge in [0.25, 0.3) is 13.8 Å². The highest BCUT2D eigenvalue weighted by Crippen LogP contribution is 2.45. The topological polar surface area (TPSA) is 65.5 Å². The lowest BCUT2D eigenvalue weighted by molar-refractivity contribution is -0.120. The summed E-state index contributed by atoms with van der Waals surface area (Å²) in [5.74, 6) is 0.628. The Labute approximate surface area is 286 Å². The van der Waals surface area contributed by atoms with E-state index in [2.05, 4.69) is 67.4 Å². The van der Waals surface area contributed by atoms with E-state index in [1.165, 1.54) is 22.3 Å². The molecule has 6 rings (SSSR count). The van der Waals surface area contributed by atoms with Crippen molar-refractivity contribution >= 4 is 30.0 Å². The van der Waals surface area contributed by atoms with E-state index in [0.29, 0.717) is 23.0 Å². The second-order valence-electron chi connectivity index (χ2n) is 10.6. The zero-order valence-electron chi connectivity index (χ0n) is 29.2. The number of nitrogens with zero attached hydrogens (tertiary/aromatic N) is 1. The van der Waals surface area contributed by atoms with Gasteiger partial charge in [-0.2, -0.15) is 0 Å². The summed E-state index contributed by atoms with van der Waals surface area (Å²) in [5, 5.41) is 1.51. The van der Waals surface area contributed by atoms with Gasteiger partial charge in [0.05, 0.1) is 10.8 Å². The Morgan fingerprint density at radius 2 is 1.02 bits per heavy atom. The normalized spacial score (nSPS) is 11.2. The van der Waals surface area contributed by atoms with Gasteiger partial charge in [-0.1, -0.05) is 119 Å². The number of pyridine rings is 1. The van der Waals surface area contributed by atoms with Gasteiger partial charge in [-0.05, 0) is 84.0 Å². The predicted octanol–water partition coefficient (Wildman–Crippen LogP) is 11.4. The molecule has 1 unspecified atom stereocenters. The molecule has 1 atom stereocenters. The molecule has 0 bridgehead atoms. The third kappa shape index (κ3) is 9.53. The standard InChI is InChI=1S/C24H20NO4P.C14H14.2C2H6/c1-17-7-3-4-8-20(17)21-9-5-6-10-23(21)30(2,27)29-19-13-11-18-12-14-24(28-16-26)25-22(18)15-19;1-11-7-3-5-9-13(11)14-10-6-4-8-12(14)2;2*1-2/h3-16H,1-2H3;3-10H,1-2H3;2*1-2H3. The minimum atomic E-state index is -3.21. The maximum Gasteiger partial charge on any atom is 0.299 e. The van der Waals surface area contributed by atoms with E-state index in [9.17, 15) is 9.36 Å². The average Bonchev–Trinajstić information content (AvgIpc) is 3.11. The van der Waals surface area contributed by atoms with Crippen molar-refractivity contribution in [1.82, 2.24) is 4.98 Å². The van der Waals surface area contributed by atoms with Crippen LogP contribution in [0.3, 0.4) is 0 Å². The molecule has 5 nitrogen and oxygen atoms in total. The Kier molecular flexibility index (Phi) is 14.3. The van der Waals surface area contributed by atoms with E-state index in [1.54, 1.807) is 30.9 Å². The zero-order valence-corrected chi connectivity index (χ0v) is 30.1. The Hall–Kier alpha value is -4.99. The number of carbonyl (C=O) groups excluding carboxylic acids is 1. The second-order valence-corrected chi connectivity index (χ2v) is 13.0. The molecule has 0 aliphatic carbocycles. The number of benzene rings is 5. The summed E-state index contributed by atoms with van der Waals surface area (Å²) < 4.78 is 24.5. The van der Waals surface area contributed by atoms with Crippen LogP contribution in [0.15, 0.2) is 127 Å². The largest absolute Gasteiger partial charge is 0.440 e. The number of aromatic nitrogens is 1. The van der Waals surface area contributed by atoms with Gasteiger partial charge in [-0.15, -0.1) is 0 Å². The Balaban J connectivity index is 0.000000290.